The summed E-state index contributed by atoms with van der Waals surface area (Å²) in [7, 11) is 0. The summed E-state index contributed by atoms with van der Waals surface area (Å²) in [6.45, 7) is 13.7. The Morgan fingerprint density at radius 1 is 0.361 bits per heavy atom. The van der Waals surface area contributed by atoms with Crippen LogP contribution < -0.4 is 0 Å². The Morgan fingerprint density at radius 2 is 0.639 bits per heavy atom. The van der Waals surface area contributed by atoms with Crippen LogP contribution in [-0.2, 0) is 33.2 Å². The second-order valence-corrected chi connectivity index (χ2v) is 9.31. The van der Waals surface area contributed by atoms with E-state index in [1.807, 2.05) is 0 Å². The van der Waals surface area contributed by atoms with Crippen LogP contribution in [0.25, 0.3) is 0 Å². The van der Waals surface area contributed by atoms with Crippen molar-refractivity contribution in [3.8, 4) is 0 Å². The fourth-order valence-corrected chi connectivity index (χ4v) is 3.97. The highest BCUT2D eigenvalue weighted by Gasteiger charge is 2.06. The Kier molecular flexibility index (Phi) is 27.4. The van der Waals surface area contributed by atoms with Gasteiger partial charge in [-0.15, -0.1) is 0 Å². The van der Waals surface area contributed by atoms with E-state index in [1.54, 1.807) is 0 Å². The molecule has 0 spiro atoms. The quantitative estimate of drug-likeness (QED) is 0.374. The van der Waals surface area contributed by atoms with Crippen LogP contribution in [0.5, 0.6) is 0 Å². The van der Waals surface area contributed by atoms with Crippen molar-refractivity contribution >= 4 is 0 Å². The molecule has 1 aliphatic heterocycles. The summed E-state index contributed by atoms with van der Waals surface area (Å²) in [5.41, 5.74) is 0. The van der Waals surface area contributed by atoms with E-state index in [0.717, 1.165) is 32.8 Å². The molecule has 0 aromatic heterocycles. The second-order valence-electron chi connectivity index (χ2n) is 9.31. The molecule has 8 nitrogen and oxygen atoms in total. The minimum Gasteiger partial charge on any atom is -0.378 e. The van der Waals surface area contributed by atoms with Crippen LogP contribution in [0.15, 0.2) is 0 Å². The van der Waals surface area contributed by atoms with Gasteiger partial charge in [-0.25, -0.2) is 0 Å². The molecule has 1 rings (SSSR count). The summed E-state index contributed by atoms with van der Waals surface area (Å²) < 4.78 is 39.2. The standard InChI is InChI=1S/C28H57NO7/c1-2-3-4-5-6-7-8-9-10-11-12-29-13-15-30-17-19-32-21-23-34-25-27-36-28-26-35-24-22-33-20-18-31-16-14-29/h2-28H2,1H3. The summed E-state index contributed by atoms with van der Waals surface area (Å²) in [5.74, 6) is 0. The maximum Gasteiger partial charge on any atom is 0.0701 e. The molecule has 1 aliphatic rings. The fourth-order valence-electron chi connectivity index (χ4n) is 3.97. The molecule has 1 saturated heterocycles. The van der Waals surface area contributed by atoms with Gasteiger partial charge in [0.2, 0.25) is 0 Å². The molecule has 0 N–H and O–H groups in total. The van der Waals surface area contributed by atoms with Crippen molar-refractivity contribution in [1.82, 2.24) is 4.90 Å². The third kappa shape index (κ3) is 25.3. The topological polar surface area (TPSA) is 67.9 Å². The molecule has 0 bridgehead atoms. The molecule has 8 heteroatoms. The van der Waals surface area contributed by atoms with Gasteiger partial charge in [-0.05, 0) is 13.0 Å². The minimum absolute atomic E-state index is 0.565. The third-order valence-corrected chi connectivity index (χ3v) is 6.16. The summed E-state index contributed by atoms with van der Waals surface area (Å²) in [6.07, 6.45) is 13.6. The first-order valence-electron chi connectivity index (χ1n) is 14.7. The first-order chi connectivity index (χ1) is 17.9. The molecule has 0 aromatic carbocycles. The Labute approximate surface area is 221 Å². The fraction of sp³-hybridized carbons (Fsp3) is 1.00. The highest BCUT2D eigenvalue weighted by Crippen LogP contribution is 2.10. The molecule has 0 unspecified atom stereocenters. The maximum atomic E-state index is 5.80. The zero-order chi connectivity index (χ0) is 25.6. The van der Waals surface area contributed by atoms with Crippen molar-refractivity contribution in [2.75, 3.05) is 112 Å². The lowest BCUT2D eigenvalue weighted by Gasteiger charge is -2.22. The van der Waals surface area contributed by atoms with E-state index in [9.17, 15) is 0 Å². The number of hydrogen-bond acceptors (Lipinski definition) is 8. The molecule has 0 atom stereocenters. The molecule has 1 fully saturated rings. The lowest BCUT2D eigenvalue weighted by atomic mass is 10.1. The zero-order valence-electron chi connectivity index (χ0n) is 23.4. The first-order valence-corrected chi connectivity index (χ1v) is 14.7. The van der Waals surface area contributed by atoms with E-state index in [4.69, 9.17) is 33.2 Å². The Balaban J connectivity index is 2.18. The SMILES string of the molecule is CCCCCCCCCCCCN1CCOCCOCCOCCOCCOCCOCCOCC1. The number of nitrogens with zero attached hydrogens (tertiary/aromatic N) is 1. The Hall–Kier alpha value is -0.320. The molecule has 0 amide bonds. The molecule has 1 heterocycles. The molecular formula is C28H57NO7. The van der Waals surface area contributed by atoms with Gasteiger partial charge in [0, 0.05) is 13.1 Å². The molecule has 0 radical (unpaired) electrons. The van der Waals surface area contributed by atoms with Gasteiger partial charge in [0.25, 0.3) is 0 Å². The summed E-state index contributed by atoms with van der Waals surface area (Å²) in [4.78, 5) is 2.47. The lowest BCUT2D eigenvalue weighted by Crippen LogP contribution is -2.32. The Bertz CT molecular complexity index is 391. The molecule has 0 aliphatic carbocycles. The van der Waals surface area contributed by atoms with Crippen molar-refractivity contribution in [2.45, 2.75) is 71.1 Å². The van der Waals surface area contributed by atoms with Crippen molar-refractivity contribution in [1.29, 1.82) is 0 Å². The third-order valence-electron chi connectivity index (χ3n) is 6.16. The average Bonchev–Trinajstić information content (AvgIpc) is 2.89. The van der Waals surface area contributed by atoms with Crippen LogP contribution in [0.3, 0.4) is 0 Å². The van der Waals surface area contributed by atoms with Crippen LogP contribution >= 0.6 is 0 Å². The summed E-state index contributed by atoms with van der Waals surface area (Å²) in [6, 6.07) is 0. The van der Waals surface area contributed by atoms with Crippen LogP contribution in [0.1, 0.15) is 71.1 Å². The van der Waals surface area contributed by atoms with Gasteiger partial charge in [0.05, 0.1) is 92.5 Å². The van der Waals surface area contributed by atoms with E-state index in [1.165, 1.54) is 64.2 Å². The maximum absolute atomic E-state index is 5.80. The number of hydrogen-bond donors (Lipinski definition) is 0. The van der Waals surface area contributed by atoms with Crippen LogP contribution in [0.4, 0.5) is 0 Å². The van der Waals surface area contributed by atoms with Gasteiger partial charge >= 0.3 is 0 Å². The van der Waals surface area contributed by atoms with Gasteiger partial charge in [0.15, 0.2) is 0 Å². The van der Waals surface area contributed by atoms with E-state index in [2.05, 4.69) is 11.8 Å². The normalized spacial score (nSPS) is 20.6. The largest absolute Gasteiger partial charge is 0.378 e. The van der Waals surface area contributed by atoms with Crippen molar-refractivity contribution in [3.63, 3.8) is 0 Å². The van der Waals surface area contributed by atoms with Gasteiger partial charge in [-0.1, -0.05) is 64.7 Å². The number of ether oxygens (including phenoxy) is 7. The second kappa shape index (κ2) is 29.2. The summed E-state index contributed by atoms with van der Waals surface area (Å²) in [5, 5.41) is 0. The van der Waals surface area contributed by atoms with Crippen LogP contribution in [-0.4, -0.2) is 117 Å². The van der Waals surface area contributed by atoms with E-state index < -0.39 is 0 Å². The minimum atomic E-state index is 0.565. The van der Waals surface area contributed by atoms with E-state index in [0.29, 0.717) is 79.3 Å². The molecular weight excluding hydrogens is 462 g/mol. The molecule has 36 heavy (non-hydrogen) atoms. The monoisotopic (exact) mass is 519 g/mol. The zero-order valence-corrected chi connectivity index (χ0v) is 23.4. The highest BCUT2D eigenvalue weighted by atomic mass is 16.6. The molecule has 0 aromatic rings. The van der Waals surface area contributed by atoms with Crippen LogP contribution in [0.2, 0.25) is 0 Å². The van der Waals surface area contributed by atoms with E-state index >= 15 is 0 Å². The number of rotatable bonds is 11. The highest BCUT2D eigenvalue weighted by molar-refractivity contribution is 4.59. The Morgan fingerprint density at radius 3 is 0.972 bits per heavy atom. The lowest BCUT2D eigenvalue weighted by molar-refractivity contribution is -0.0240. The van der Waals surface area contributed by atoms with Crippen molar-refractivity contribution in [3.05, 3.63) is 0 Å². The van der Waals surface area contributed by atoms with Gasteiger partial charge in [-0.3, -0.25) is 4.90 Å². The molecule has 216 valence electrons. The first kappa shape index (κ1) is 33.7. The van der Waals surface area contributed by atoms with Crippen molar-refractivity contribution < 1.29 is 33.2 Å². The number of unbranched alkanes of at least 4 members (excludes halogenated alkanes) is 9. The molecule has 0 saturated carbocycles. The van der Waals surface area contributed by atoms with Gasteiger partial charge in [-0.2, -0.15) is 0 Å². The van der Waals surface area contributed by atoms with Gasteiger partial charge in [0.1, 0.15) is 0 Å². The van der Waals surface area contributed by atoms with Gasteiger partial charge < -0.3 is 33.2 Å². The van der Waals surface area contributed by atoms with Crippen LogP contribution in [0, 0.1) is 0 Å². The summed E-state index contributed by atoms with van der Waals surface area (Å²) >= 11 is 0. The predicted octanol–water partition coefficient (Wildman–Crippen LogP) is 4.34. The average molecular weight is 520 g/mol. The van der Waals surface area contributed by atoms with E-state index in [-0.39, 0.29) is 0 Å². The smallest absolute Gasteiger partial charge is 0.0701 e. The predicted molar refractivity (Wildman–Crippen MR) is 144 cm³/mol. The van der Waals surface area contributed by atoms with Crippen molar-refractivity contribution in [2.24, 2.45) is 0 Å².